The van der Waals surface area contributed by atoms with Gasteiger partial charge < -0.3 is 14.9 Å². The summed E-state index contributed by atoms with van der Waals surface area (Å²) in [6.07, 6.45) is 1.05. The molecule has 0 aliphatic heterocycles. The van der Waals surface area contributed by atoms with Gasteiger partial charge in [0.25, 0.3) is 0 Å². The Balaban J connectivity index is 4.37. The highest BCUT2D eigenvalue weighted by Gasteiger charge is 2.27. The van der Waals surface area contributed by atoms with E-state index >= 15 is 0 Å². The maximum Gasteiger partial charge on any atom is 0.325 e. The summed E-state index contributed by atoms with van der Waals surface area (Å²) in [5.74, 6) is -0.707. The van der Waals surface area contributed by atoms with Crippen LogP contribution in [0.2, 0.25) is 0 Å². The molecule has 0 heterocycles. The lowest BCUT2D eigenvalue weighted by Gasteiger charge is -2.23. The molecule has 0 aromatic rings. The van der Waals surface area contributed by atoms with Gasteiger partial charge >= 0.3 is 7.60 Å². The monoisotopic (exact) mass is 240 g/mol. The van der Waals surface area contributed by atoms with Crippen LogP contribution in [-0.4, -0.2) is 26.7 Å². The van der Waals surface area contributed by atoms with Crippen LogP contribution < -0.4 is 0 Å². The molecule has 0 unspecified atom stereocenters. The Morgan fingerprint density at radius 3 is 2.20 bits per heavy atom. The molecule has 0 amide bonds. The predicted molar refractivity (Wildman–Crippen MR) is 56.3 cm³/mol. The minimum atomic E-state index is -4.08. The summed E-state index contributed by atoms with van der Waals surface area (Å²) in [6, 6.07) is 0. The van der Waals surface area contributed by atoms with E-state index in [9.17, 15) is 14.1 Å². The lowest BCUT2D eigenvalue weighted by atomic mass is 9.95. The van der Waals surface area contributed by atoms with Gasteiger partial charge in [-0.25, -0.2) is 4.39 Å². The molecule has 0 fully saturated rings. The third-order valence-corrected chi connectivity index (χ3v) is 3.20. The van der Waals surface area contributed by atoms with Crippen LogP contribution in [0.15, 0.2) is 11.9 Å². The van der Waals surface area contributed by atoms with Gasteiger partial charge in [0.05, 0.1) is 6.16 Å². The number of allylic oxidation sites excluding steroid dienone is 1. The third-order valence-electron chi connectivity index (χ3n) is 2.36. The summed E-state index contributed by atoms with van der Waals surface area (Å²) in [6.45, 7) is 3.31. The number of hydrogen-bond donors (Lipinski definition) is 3. The second kappa shape index (κ2) is 5.75. The van der Waals surface area contributed by atoms with E-state index in [4.69, 9.17) is 9.79 Å². The summed E-state index contributed by atoms with van der Waals surface area (Å²) in [4.78, 5) is 17.1. The molecule has 0 rings (SSSR count). The van der Waals surface area contributed by atoms with Crippen molar-refractivity contribution in [2.75, 3.05) is 6.16 Å². The molecule has 0 spiro atoms. The SMILES string of the molecule is CCC(O)(CC)C(F)=CCCP(=O)(O)O. The minimum Gasteiger partial charge on any atom is -0.383 e. The van der Waals surface area contributed by atoms with Gasteiger partial charge in [0.2, 0.25) is 0 Å². The molecule has 0 atom stereocenters. The fourth-order valence-electron chi connectivity index (χ4n) is 1.14. The number of halogens is 1. The van der Waals surface area contributed by atoms with Crippen molar-refractivity contribution in [2.24, 2.45) is 0 Å². The van der Waals surface area contributed by atoms with E-state index in [1.165, 1.54) is 0 Å². The van der Waals surface area contributed by atoms with Crippen LogP contribution >= 0.6 is 7.60 Å². The summed E-state index contributed by atoms with van der Waals surface area (Å²) in [5.41, 5.74) is -1.49. The Morgan fingerprint density at radius 2 is 1.87 bits per heavy atom. The second-order valence-corrected chi connectivity index (χ2v) is 5.24. The Labute approximate surface area is 89.0 Å². The fraction of sp³-hybridized carbons (Fsp3) is 0.778. The van der Waals surface area contributed by atoms with Gasteiger partial charge in [-0.05, 0) is 25.3 Å². The van der Waals surface area contributed by atoms with Crippen molar-refractivity contribution in [3.63, 3.8) is 0 Å². The van der Waals surface area contributed by atoms with Crippen LogP contribution in [0.25, 0.3) is 0 Å². The molecule has 0 aromatic heterocycles. The normalized spacial score (nSPS) is 14.4. The summed E-state index contributed by atoms with van der Waals surface area (Å²) in [5, 5.41) is 9.69. The van der Waals surface area contributed by atoms with Crippen molar-refractivity contribution in [3.05, 3.63) is 11.9 Å². The Bertz CT molecular complexity index is 267. The first-order chi connectivity index (χ1) is 6.75. The first kappa shape index (κ1) is 14.8. The van der Waals surface area contributed by atoms with Gasteiger partial charge in [0.1, 0.15) is 11.4 Å². The van der Waals surface area contributed by atoms with Gasteiger partial charge in [0.15, 0.2) is 0 Å². The van der Waals surface area contributed by atoms with Crippen molar-refractivity contribution in [1.82, 2.24) is 0 Å². The maximum atomic E-state index is 13.4. The number of hydrogen-bond acceptors (Lipinski definition) is 2. The molecule has 0 bridgehead atoms. The van der Waals surface area contributed by atoms with Gasteiger partial charge in [-0.2, -0.15) is 0 Å². The lowest BCUT2D eigenvalue weighted by Crippen LogP contribution is -2.27. The minimum absolute atomic E-state index is 0.0710. The van der Waals surface area contributed by atoms with Crippen molar-refractivity contribution in [2.45, 2.75) is 38.7 Å². The molecule has 0 aliphatic rings. The van der Waals surface area contributed by atoms with Gasteiger partial charge in [-0.15, -0.1) is 0 Å². The van der Waals surface area contributed by atoms with E-state index in [1.54, 1.807) is 13.8 Å². The van der Waals surface area contributed by atoms with Crippen molar-refractivity contribution >= 4 is 7.60 Å². The highest BCUT2D eigenvalue weighted by atomic mass is 31.2. The quantitative estimate of drug-likeness (QED) is 0.620. The zero-order valence-corrected chi connectivity index (χ0v) is 9.88. The zero-order chi connectivity index (χ0) is 12.1. The van der Waals surface area contributed by atoms with Gasteiger partial charge in [-0.3, -0.25) is 4.57 Å². The molecule has 90 valence electrons. The Hall–Kier alpha value is -0.220. The van der Waals surface area contributed by atoms with Gasteiger partial charge in [-0.1, -0.05) is 13.8 Å². The number of rotatable bonds is 6. The fourth-order valence-corrected chi connectivity index (χ4v) is 1.60. The lowest BCUT2D eigenvalue weighted by molar-refractivity contribution is 0.0468. The van der Waals surface area contributed by atoms with E-state index < -0.39 is 25.2 Å². The molecule has 0 saturated heterocycles. The average Bonchev–Trinajstić information content (AvgIpc) is 2.14. The molecule has 3 N–H and O–H groups in total. The number of aliphatic hydroxyl groups is 1. The largest absolute Gasteiger partial charge is 0.383 e. The van der Waals surface area contributed by atoms with Gasteiger partial charge in [0, 0.05) is 0 Å². The maximum absolute atomic E-state index is 13.4. The van der Waals surface area contributed by atoms with Crippen molar-refractivity contribution in [1.29, 1.82) is 0 Å². The van der Waals surface area contributed by atoms with Crippen molar-refractivity contribution in [3.8, 4) is 0 Å². The Morgan fingerprint density at radius 1 is 1.40 bits per heavy atom. The first-order valence-corrected chi connectivity index (χ1v) is 6.68. The predicted octanol–water partition coefficient (Wildman–Crippen LogP) is 1.96. The summed E-state index contributed by atoms with van der Waals surface area (Å²) >= 11 is 0. The van der Waals surface area contributed by atoms with E-state index in [0.717, 1.165) is 6.08 Å². The molecule has 0 radical (unpaired) electrons. The van der Waals surface area contributed by atoms with Crippen LogP contribution in [0.4, 0.5) is 4.39 Å². The van der Waals surface area contributed by atoms with Crippen molar-refractivity contribution < 1.29 is 23.8 Å². The van der Waals surface area contributed by atoms with Crippen LogP contribution in [0, 0.1) is 0 Å². The highest BCUT2D eigenvalue weighted by molar-refractivity contribution is 7.51. The van der Waals surface area contributed by atoms with E-state index in [1.807, 2.05) is 0 Å². The summed E-state index contributed by atoms with van der Waals surface area (Å²) < 4.78 is 23.9. The first-order valence-electron chi connectivity index (χ1n) is 4.88. The standard InChI is InChI=1S/C9H18FO4P/c1-3-9(11,4-2)8(10)6-5-7-15(12,13)14/h6,11H,3-5,7H2,1-2H3,(H2,12,13,14). The van der Waals surface area contributed by atoms with E-state index in [2.05, 4.69) is 0 Å². The van der Waals surface area contributed by atoms with Crippen LogP contribution in [0.5, 0.6) is 0 Å². The molecular formula is C9H18FO4P. The molecular weight excluding hydrogens is 222 g/mol. The summed E-state index contributed by atoms with van der Waals surface area (Å²) in [7, 11) is -4.08. The molecule has 0 aromatic carbocycles. The molecule has 15 heavy (non-hydrogen) atoms. The molecule has 4 nitrogen and oxygen atoms in total. The van der Waals surface area contributed by atoms with Crippen LogP contribution in [0.3, 0.4) is 0 Å². The third kappa shape index (κ3) is 5.42. The molecule has 0 aliphatic carbocycles. The van der Waals surface area contributed by atoms with E-state index in [0.29, 0.717) is 0 Å². The average molecular weight is 240 g/mol. The van der Waals surface area contributed by atoms with Crippen LogP contribution in [-0.2, 0) is 4.57 Å². The van der Waals surface area contributed by atoms with E-state index in [-0.39, 0.29) is 19.3 Å². The Kier molecular flexibility index (Phi) is 5.67. The highest BCUT2D eigenvalue weighted by Crippen LogP contribution is 2.35. The second-order valence-electron chi connectivity index (χ2n) is 3.47. The molecule has 6 heteroatoms. The molecule has 0 saturated carbocycles. The topological polar surface area (TPSA) is 77.8 Å². The van der Waals surface area contributed by atoms with Crippen LogP contribution in [0.1, 0.15) is 33.1 Å². The zero-order valence-electron chi connectivity index (χ0n) is 8.98. The smallest absolute Gasteiger partial charge is 0.325 e.